The maximum absolute atomic E-state index is 12.2. The second-order valence-electron chi connectivity index (χ2n) is 5.76. The minimum atomic E-state index is -0.361. The third-order valence-corrected chi connectivity index (χ3v) is 4.37. The molecule has 0 spiro atoms. The molecule has 1 N–H and O–H groups in total. The molecule has 2 amide bonds. The van der Waals surface area contributed by atoms with Gasteiger partial charge < -0.3 is 19.5 Å². The minimum absolute atomic E-state index is 0.0726. The summed E-state index contributed by atoms with van der Waals surface area (Å²) >= 11 is 4.25. The van der Waals surface area contributed by atoms with Crippen molar-refractivity contribution in [3.63, 3.8) is 0 Å². The number of thiol groups is 1. The number of carbonyl (C=O) groups is 1. The molecule has 138 valence electrons. The molecule has 0 bridgehead atoms. The second kappa shape index (κ2) is 9.70. The molecule has 1 fully saturated rings. The van der Waals surface area contributed by atoms with Crippen LogP contribution in [0, 0.1) is 0 Å². The summed E-state index contributed by atoms with van der Waals surface area (Å²) in [5, 5.41) is 2.96. The van der Waals surface area contributed by atoms with E-state index in [1.54, 1.807) is 14.2 Å². The summed E-state index contributed by atoms with van der Waals surface area (Å²) in [6, 6.07) is 7.39. The fourth-order valence-electron chi connectivity index (χ4n) is 2.80. The lowest BCUT2D eigenvalue weighted by atomic mass is 10.1. The third-order valence-electron chi connectivity index (χ3n) is 4.13. The third kappa shape index (κ3) is 5.39. The van der Waals surface area contributed by atoms with Gasteiger partial charge in [-0.3, -0.25) is 4.90 Å². The molecular formula is C18H26N2O4S. The van der Waals surface area contributed by atoms with Crippen molar-refractivity contribution in [1.82, 2.24) is 10.2 Å². The number of benzene rings is 1. The number of nitrogens with one attached hydrogen (secondary N) is 1. The first kappa shape index (κ1) is 19.6. The molecule has 6 nitrogen and oxygen atoms in total. The summed E-state index contributed by atoms with van der Waals surface area (Å²) in [4.78, 5) is 13.6. The predicted molar refractivity (Wildman–Crippen MR) is 99.9 cm³/mol. The van der Waals surface area contributed by atoms with E-state index in [4.69, 9.17) is 14.2 Å². The van der Waals surface area contributed by atoms with E-state index in [0.29, 0.717) is 24.8 Å². The first-order valence-electron chi connectivity index (χ1n) is 8.30. The van der Waals surface area contributed by atoms with Crippen molar-refractivity contribution in [2.24, 2.45) is 0 Å². The highest BCUT2D eigenvalue weighted by molar-refractivity contribution is 7.84. The molecule has 1 heterocycles. The van der Waals surface area contributed by atoms with Gasteiger partial charge in [0.05, 0.1) is 24.8 Å². The number of para-hydroxylation sites is 1. The van der Waals surface area contributed by atoms with Crippen LogP contribution in [-0.4, -0.2) is 51.0 Å². The first-order valence-corrected chi connectivity index (χ1v) is 8.74. The lowest BCUT2D eigenvalue weighted by Gasteiger charge is -2.32. The number of methoxy groups -OCH3 is 1. The Morgan fingerprint density at radius 1 is 1.44 bits per heavy atom. The second-order valence-corrected chi connectivity index (χ2v) is 6.28. The predicted octanol–water partition coefficient (Wildman–Crippen LogP) is 2.97. The highest BCUT2D eigenvalue weighted by Crippen LogP contribution is 2.31. The van der Waals surface area contributed by atoms with Crippen LogP contribution in [0.1, 0.15) is 24.5 Å². The topological polar surface area (TPSA) is 60.0 Å². The lowest BCUT2D eigenvalue weighted by Crippen LogP contribution is -2.40. The molecule has 25 heavy (non-hydrogen) atoms. The zero-order valence-electron chi connectivity index (χ0n) is 14.7. The number of hydrogen-bond acceptors (Lipinski definition) is 5. The zero-order valence-corrected chi connectivity index (χ0v) is 15.6. The standard InChI is InChI=1S/C18H26N2O4S/c1-13(25)20(18(21)19-2)12-17(24-14-8-10-23-11-9-14)15-6-4-5-7-16(15)22-3/h4-7,14,17,25H,1,8-12H2,2-3H3,(H,19,21)/t17-/m0/s1. The van der Waals surface area contributed by atoms with Gasteiger partial charge in [-0.15, -0.1) is 12.6 Å². The van der Waals surface area contributed by atoms with Crippen LogP contribution in [0.2, 0.25) is 0 Å². The van der Waals surface area contributed by atoms with Crippen LogP contribution in [0.5, 0.6) is 5.75 Å². The number of carbonyl (C=O) groups excluding carboxylic acids is 1. The van der Waals surface area contributed by atoms with E-state index in [0.717, 1.165) is 24.2 Å². The van der Waals surface area contributed by atoms with Gasteiger partial charge in [0, 0.05) is 25.8 Å². The number of urea groups is 1. The maximum Gasteiger partial charge on any atom is 0.322 e. The van der Waals surface area contributed by atoms with Crippen LogP contribution in [0.15, 0.2) is 35.9 Å². The Kier molecular flexibility index (Phi) is 7.61. The minimum Gasteiger partial charge on any atom is -0.496 e. The number of ether oxygens (including phenoxy) is 3. The van der Waals surface area contributed by atoms with E-state index >= 15 is 0 Å². The van der Waals surface area contributed by atoms with Crippen LogP contribution >= 0.6 is 12.6 Å². The Hall–Kier alpha value is -1.70. The molecule has 0 aliphatic carbocycles. The lowest BCUT2D eigenvalue weighted by molar-refractivity contribution is -0.0741. The highest BCUT2D eigenvalue weighted by Gasteiger charge is 2.27. The Bertz CT molecular complexity index is 590. The Morgan fingerprint density at radius 3 is 2.72 bits per heavy atom. The van der Waals surface area contributed by atoms with E-state index < -0.39 is 0 Å². The molecule has 1 aliphatic heterocycles. The molecule has 7 heteroatoms. The van der Waals surface area contributed by atoms with Gasteiger partial charge in [0.2, 0.25) is 0 Å². The van der Waals surface area contributed by atoms with Gasteiger partial charge in [-0.2, -0.15) is 0 Å². The molecule has 2 rings (SSSR count). The molecular weight excluding hydrogens is 340 g/mol. The number of amides is 2. The number of nitrogens with zero attached hydrogens (tertiary/aromatic N) is 1. The van der Waals surface area contributed by atoms with Crippen molar-refractivity contribution < 1.29 is 19.0 Å². The van der Waals surface area contributed by atoms with Gasteiger partial charge in [-0.05, 0) is 18.9 Å². The Morgan fingerprint density at radius 2 is 2.12 bits per heavy atom. The Labute approximate surface area is 154 Å². The Balaban J connectivity index is 2.27. The molecule has 1 aliphatic rings. The van der Waals surface area contributed by atoms with Crippen LogP contribution < -0.4 is 10.1 Å². The average molecular weight is 366 g/mol. The first-order chi connectivity index (χ1) is 12.1. The van der Waals surface area contributed by atoms with Crippen molar-refractivity contribution in [2.45, 2.75) is 25.0 Å². The summed E-state index contributed by atoms with van der Waals surface area (Å²) in [6.07, 6.45) is 1.37. The summed E-state index contributed by atoms with van der Waals surface area (Å²) < 4.78 is 17.2. The van der Waals surface area contributed by atoms with Gasteiger partial charge in [0.25, 0.3) is 0 Å². The van der Waals surface area contributed by atoms with E-state index in [1.165, 1.54) is 4.90 Å². The van der Waals surface area contributed by atoms with Gasteiger partial charge in [-0.1, -0.05) is 24.8 Å². The molecule has 1 aromatic carbocycles. The zero-order chi connectivity index (χ0) is 18.2. The monoisotopic (exact) mass is 366 g/mol. The molecule has 1 aromatic rings. The highest BCUT2D eigenvalue weighted by atomic mass is 32.1. The average Bonchev–Trinajstić information content (AvgIpc) is 2.65. The van der Waals surface area contributed by atoms with E-state index in [2.05, 4.69) is 24.5 Å². The summed E-state index contributed by atoms with van der Waals surface area (Å²) in [5.74, 6) is 0.723. The van der Waals surface area contributed by atoms with Crippen LogP contribution in [0.4, 0.5) is 4.79 Å². The fourth-order valence-corrected chi connectivity index (χ4v) is 2.97. The summed E-state index contributed by atoms with van der Waals surface area (Å²) in [6.45, 7) is 5.44. The van der Waals surface area contributed by atoms with Crippen LogP contribution in [0.25, 0.3) is 0 Å². The fraction of sp³-hybridized carbons (Fsp3) is 0.500. The van der Waals surface area contributed by atoms with Gasteiger partial charge in [0.1, 0.15) is 11.9 Å². The normalized spacial score (nSPS) is 16.1. The van der Waals surface area contributed by atoms with E-state index in [1.807, 2.05) is 24.3 Å². The number of hydrogen-bond donors (Lipinski definition) is 2. The number of rotatable bonds is 7. The molecule has 0 radical (unpaired) electrons. The van der Waals surface area contributed by atoms with Crippen molar-refractivity contribution in [3.8, 4) is 5.75 Å². The van der Waals surface area contributed by atoms with E-state index in [-0.39, 0.29) is 18.2 Å². The molecule has 1 atom stereocenters. The van der Waals surface area contributed by atoms with Gasteiger partial charge >= 0.3 is 6.03 Å². The van der Waals surface area contributed by atoms with E-state index in [9.17, 15) is 4.79 Å². The molecule has 0 saturated carbocycles. The van der Waals surface area contributed by atoms with Gasteiger partial charge in [-0.25, -0.2) is 4.79 Å². The van der Waals surface area contributed by atoms with Crippen molar-refractivity contribution in [3.05, 3.63) is 41.4 Å². The van der Waals surface area contributed by atoms with Crippen LogP contribution in [0.3, 0.4) is 0 Å². The molecule has 0 unspecified atom stereocenters. The summed E-state index contributed by atoms with van der Waals surface area (Å²) in [5.41, 5.74) is 0.889. The van der Waals surface area contributed by atoms with Crippen molar-refractivity contribution >= 4 is 18.7 Å². The molecule has 1 saturated heterocycles. The van der Waals surface area contributed by atoms with Gasteiger partial charge in [0.15, 0.2) is 0 Å². The van der Waals surface area contributed by atoms with Crippen molar-refractivity contribution in [1.29, 1.82) is 0 Å². The SMILES string of the molecule is C=C(S)N(C[C@H](OC1CCOCC1)c1ccccc1OC)C(=O)NC. The maximum atomic E-state index is 12.2. The quantitative estimate of drug-likeness (QED) is 0.729. The molecule has 0 aromatic heterocycles. The summed E-state index contributed by atoms with van der Waals surface area (Å²) in [7, 11) is 3.20. The smallest absolute Gasteiger partial charge is 0.322 e. The van der Waals surface area contributed by atoms with Crippen molar-refractivity contribution in [2.75, 3.05) is 33.9 Å². The largest absolute Gasteiger partial charge is 0.496 e. The van der Waals surface area contributed by atoms with Crippen LogP contribution in [-0.2, 0) is 9.47 Å².